The van der Waals surface area contributed by atoms with Gasteiger partial charge in [-0.1, -0.05) is 19.9 Å². The predicted octanol–water partition coefficient (Wildman–Crippen LogP) is 1.72. The van der Waals surface area contributed by atoms with Gasteiger partial charge in [-0.25, -0.2) is 0 Å². The molecule has 1 aliphatic rings. The number of rotatable bonds is 0. The molecule has 2 atom stereocenters. The quantitative estimate of drug-likeness (QED) is 0.476. The third-order valence-corrected chi connectivity index (χ3v) is 2.12. The maximum absolute atomic E-state index is 2.30. The molecule has 0 N–H and O–H groups in total. The zero-order chi connectivity index (χ0) is 6.85. The topological polar surface area (TPSA) is 3.24 Å². The SMILES string of the molecule is CC1C=CN(C)CC1C. The Labute approximate surface area is 57.4 Å². The summed E-state index contributed by atoms with van der Waals surface area (Å²) in [7, 11) is 2.12. The number of hydrogen-bond donors (Lipinski definition) is 0. The van der Waals surface area contributed by atoms with E-state index in [0.717, 1.165) is 11.8 Å². The first kappa shape index (κ1) is 6.66. The summed E-state index contributed by atoms with van der Waals surface area (Å²) in [6.45, 7) is 5.77. The number of hydrogen-bond acceptors (Lipinski definition) is 1. The molecule has 0 aromatic rings. The smallest absolute Gasteiger partial charge is 0.0200 e. The molecular weight excluding hydrogens is 110 g/mol. The second-order valence-corrected chi connectivity index (χ2v) is 3.12. The largest absolute Gasteiger partial charge is 0.380 e. The molecule has 1 heteroatoms. The molecule has 0 aliphatic carbocycles. The van der Waals surface area contributed by atoms with E-state index >= 15 is 0 Å². The Kier molecular flexibility index (Phi) is 1.79. The van der Waals surface area contributed by atoms with E-state index in [4.69, 9.17) is 0 Å². The van der Waals surface area contributed by atoms with Gasteiger partial charge >= 0.3 is 0 Å². The van der Waals surface area contributed by atoms with Gasteiger partial charge in [0.1, 0.15) is 0 Å². The van der Waals surface area contributed by atoms with Crippen LogP contribution in [0.2, 0.25) is 0 Å². The van der Waals surface area contributed by atoms with Crippen LogP contribution in [0.5, 0.6) is 0 Å². The summed E-state index contributed by atoms with van der Waals surface area (Å²) in [5, 5.41) is 0. The van der Waals surface area contributed by atoms with Gasteiger partial charge in [0.2, 0.25) is 0 Å². The van der Waals surface area contributed by atoms with E-state index < -0.39 is 0 Å². The van der Waals surface area contributed by atoms with Crippen molar-refractivity contribution < 1.29 is 0 Å². The molecule has 0 spiro atoms. The van der Waals surface area contributed by atoms with Gasteiger partial charge in [0.05, 0.1) is 0 Å². The summed E-state index contributed by atoms with van der Waals surface area (Å²) >= 11 is 0. The van der Waals surface area contributed by atoms with Gasteiger partial charge in [-0.05, 0) is 18.0 Å². The molecule has 2 unspecified atom stereocenters. The molecule has 1 rings (SSSR count). The Balaban J connectivity index is 2.54. The lowest BCUT2D eigenvalue weighted by molar-refractivity contribution is 0.299. The van der Waals surface area contributed by atoms with Crippen LogP contribution in [-0.4, -0.2) is 18.5 Å². The molecule has 0 fully saturated rings. The first-order chi connectivity index (χ1) is 4.20. The van der Waals surface area contributed by atoms with Gasteiger partial charge in [-0.3, -0.25) is 0 Å². The molecule has 0 saturated carbocycles. The van der Waals surface area contributed by atoms with Crippen molar-refractivity contribution in [2.45, 2.75) is 13.8 Å². The third-order valence-electron chi connectivity index (χ3n) is 2.12. The van der Waals surface area contributed by atoms with E-state index in [2.05, 4.69) is 38.1 Å². The normalized spacial score (nSPS) is 35.2. The summed E-state index contributed by atoms with van der Waals surface area (Å²) < 4.78 is 0. The van der Waals surface area contributed by atoms with Gasteiger partial charge in [-0.2, -0.15) is 0 Å². The van der Waals surface area contributed by atoms with Gasteiger partial charge in [0.25, 0.3) is 0 Å². The fourth-order valence-corrected chi connectivity index (χ4v) is 1.15. The second kappa shape index (κ2) is 2.42. The molecule has 0 aromatic carbocycles. The second-order valence-electron chi connectivity index (χ2n) is 3.12. The fourth-order valence-electron chi connectivity index (χ4n) is 1.15. The number of nitrogens with zero attached hydrogens (tertiary/aromatic N) is 1. The van der Waals surface area contributed by atoms with Crippen LogP contribution in [0.25, 0.3) is 0 Å². The Bertz CT molecular complexity index is 118. The highest BCUT2D eigenvalue weighted by atomic mass is 15.1. The summed E-state index contributed by atoms with van der Waals surface area (Å²) in [5.41, 5.74) is 0. The molecule has 0 saturated heterocycles. The van der Waals surface area contributed by atoms with Crippen LogP contribution in [-0.2, 0) is 0 Å². The average Bonchev–Trinajstić information content (AvgIpc) is 1.80. The van der Waals surface area contributed by atoms with E-state index in [-0.39, 0.29) is 0 Å². The Morgan fingerprint density at radius 2 is 2.11 bits per heavy atom. The van der Waals surface area contributed by atoms with Crippen LogP contribution in [0, 0.1) is 11.8 Å². The minimum atomic E-state index is 0.765. The van der Waals surface area contributed by atoms with Crippen LogP contribution in [0.3, 0.4) is 0 Å². The third kappa shape index (κ3) is 1.47. The first-order valence-electron chi connectivity index (χ1n) is 3.58. The van der Waals surface area contributed by atoms with Gasteiger partial charge < -0.3 is 4.90 Å². The molecule has 0 radical (unpaired) electrons. The lowest BCUT2D eigenvalue weighted by atomic mass is 9.93. The van der Waals surface area contributed by atoms with Crippen molar-refractivity contribution in [2.75, 3.05) is 13.6 Å². The lowest BCUT2D eigenvalue weighted by Gasteiger charge is -2.27. The highest BCUT2D eigenvalue weighted by Gasteiger charge is 2.13. The summed E-state index contributed by atoms with van der Waals surface area (Å²) in [5.74, 6) is 1.58. The van der Waals surface area contributed by atoms with E-state index in [1.54, 1.807) is 0 Å². The molecule has 1 heterocycles. The van der Waals surface area contributed by atoms with E-state index in [9.17, 15) is 0 Å². The van der Waals surface area contributed by atoms with E-state index in [1.807, 2.05) is 0 Å². The monoisotopic (exact) mass is 125 g/mol. The van der Waals surface area contributed by atoms with Crippen molar-refractivity contribution in [2.24, 2.45) is 11.8 Å². The standard InChI is InChI=1S/C8H15N/c1-7-4-5-9(3)6-8(7)2/h4-5,7-8H,6H2,1-3H3. The lowest BCUT2D eigenvalue weighted by Crippen LogP contribution is -2.26. The summed E-state index contributed by atoms with van der Waals surface area (Å²) in [6, 6.07) is 0. The molecule has 52 valence electrons. The van der Waals surface area contributed by atoms with E-state index in [0.29, 0.717) is 0 Å². The first-order valence-corrected chi connectivity index (χ1v) is 3.58. The van der Waals surface area contributed by atoms with Crippen molar-refractivity contribution in [1.29, 1.82) is 0 Å². The highest BCUT2D eigenvalue weighted by molar-refractivity contribution is 4.93. The van der Waals surface area contributed by atoms with Crippen molar-refractivity contribution in [3.8, 4) is 0 Å². The molecule has 1 nitrogen and oxygen atoms in total. The predicted molar refractivity (Wildman–Crippen MR) is 40.1 cm³/mol. The highest BCUT2D eigenvalue weighted by Crippen LogP contribution is 2.17. The molecule has 0 bridgehead atoms. The van der Waals surface area contributed by atoms with Crippen LogP contribution >= 0.6 is 0 Å². The number of allylic oxidation sites excluding steroid dienone is 1. The van der Waals surface area contributed by atoms with E-state index in [1.165, 1.54) is 6.54 Å². The maximum Gasteiger partial charge on any atom is 0.0200 e. The zero-order valence-electron chi connectivity index (χ0n) is 6.46. The van der Waals surface area contributed by atoms with Crippen molar-refractivity contribution in [3.05, 3.63) is 12.3 Å². The molecule has 0 aromatic heterocycles. The van der Waals surface area contributed by atoms with Crippen LogP contribution in [0.1, 0.15) is 13.8 Å². The van der Waals surface area contributed by atoms with Gasteiger partial charge in [-0.15, -0.1) is 0 Å². The van der Waals surface area contributed by atoms with Gasteiger partial charge in [0, 0.05) is 13.6 Å². The van der Waals surface area contributed by atoms with Crippen LogP contribution in [0.15, 0.2) is 12.3 Å². The minimum absolute atomic E-state index is 0.765. The molecule has 0 amide bonds. The molecule has 9 heavy (non-hydrogen) atoms. The van der Waals surface area contributed by atoms with Gasteiger partial charge in [0.15, 0.2) is 0 Å². The van der Waals surface area contributed by atoms with Crippen molar-refractivity contribution >= 4 is 0 Å². The van der Waals surface area contributed by atoms with Crippen molar-refractivity contribution in [3.63, 3.8) is 0 Å². The average molecular weight is 125 g/mol. The maximum atomic E-state index is 2.30. The Hall–Kier alpha value is -0.460. The molecular formula is C8H15N. The van der Waals surface area contributed by atoms with Crippen LogP contribution < -0.4 is 0 Å². The molecule has 1 aliphatic heterocycles. The van der Waals surface area contributed by atoms with Crippen molar-refractivity contribution in [1.82, 2.24) is 4.90 Å². The fraction of sp³-hybridized carbons (Fsp3) is 0.750. The van der Waals surface area contributed by atoms with Crippen LogP contribution in [0.4, 0.5) is 0 Å². The minimum Gasteiger partial charge on any atom is -0.380 e. The Morgan fingerprint density at radius 3 is 2.56 bits per heavy atom. The Morgan fingerprint density at radius 1 is 1.44 bits per heavy atom. The summed E-state index contributed by atoms with van der Waals surface area (Å²) in [6.07, 6.45) is 4.44. The zero-order valence-corrected chi connectivity index (χ0v) is 6.46. The summed E-state index contributed by atoms with van der Waals surface area (Å²) in [4.78, 5) is 2.24.